The summed E-state index contributed by atoms with van der Waals surface area (Å²) in [6.45, 7) is 1.90. The van der Waals surface area contributed by atoms with Crippen LogP contribution in [-0.4, -0.2) is 28.5 Å². The minimum Gasteiger partial charge on any atom is -0.465 e. The first-order valence-corrected chi connectivity index (χ1v) is 14.8. The van der Waals surface area contributed by atoms with Crippen molar-refractivity contribution in [3.63, 3.8) is 0 Å². The molecule has 7 nitrogen and oxygen atoms in total. The van der Waals surface area contributed by atoms with Gasteiger partial charge in [-0.05, 0) is 66.6 Å². The second-order valence-electron chi connectivity index (χ2n) is 9.29. The first-order valence-electron chi connectivity index (χ1n) is 12.5. The summed E-state index contributed by atoms with van der Waals surface area (Å²) >= 11 is 3.56. The molecular formula is C31H27BrN2O5S. The molecule has 1 aromatic heterocycles. The van der Waals surface area contributed by atoms with Crippen LogP contribution in [0.4, 0.5) is 11.4 Å². The van der Waals surface area contributed by atoms with Gasteiger partial charge in [0, 0.05) is 22.6 Å². The maximum Gasteiger partial charge on any atom is 0.339 e. The molecule has 204 valence electrons. The lowest BCUT2D eigenvalue weighted by atomic mass is 9.87. The third-order valence-electron chi connectivity index (χ3n) is 6.69. The predicted octanol–water partition coefficient (Wildman–Crippen LogP) is 7.31. The van der Waals surface area contributed by atoms with E-state index in [1.54, 1.807) is 49.5 Å². The number of hydrogen-bond acceptors (Lipinski definition) is 6. The quantitative estimate of drug-likeness (QED) is 0.177. The van der Waals surface area contributed by atoms with Crippen LogP contribution < -0.4 is 10.0 Å². The molecule has 0 bridgehead atoms. The van der Waals surface area contributed by atoms with Gasteiger partial charge in [-0.25, -0.2) is 13.2 Å². The number of carbonyl (C=O) groups is 1. The van der Waals surface area contributed by atoms with Crippen LogP contribution in [0.25, 0.3) is 11.0 Å². The summed E-state index contributed by atoms with van der Waals surface area (Å²) in [6.07, 6.45) is 0. The third-order valence-corrected chi connectivity index (χ3v) is 8.55. The molecule has 5 rings (SSSR count). The minimum atomic E-state index is -3.96. The minimum absolute atomic E-state index is 0.139. The summed E-state index contributed by atoms with van der Waals surface area (Å²) in [5.74, 6) is -0.679. The zero-order valence-electron chi connectivity index (χ0n) is 22.1. The Morgan fingerprint density at radius 2 is 1.65 bits per heavy atom. The van der Waals surface area contributed by atoms with Crippen LogP contribution in [0.3, 0.4) is 0 Å². The number of hydrogen-bond donors (Lipinski definition) is 2. The van der Waals surface area contributed by atoms with Gasteiger partial charge in [0.2, 0.25) is 0 Å². The van der Waals surface area contributed by atoms with Crippen LogP contribution in [0.2, 0.25) is 0 Å². The van der Waals surface area contributed by atoms with Gasteiger partial charge in [0.05, 0.1) is 29.2 Å². The Kier molecular flexibility index (Phi) is 7.69. The molecule has 0 saturated heterocycles. The molecular weight excluding hydrogens is 592 g/mol. The predicted molar refractivity (Wildman–Crippen MR) is 161 cm³/mol. The molecule has 0 aliphatic carbocycles. The van der Waals surface area contributed by atoms with E-state index in [9.17, 15) is 13.2 Å². The number of carbonyl (C=O) groups excluding carboxylic acids is 1. The summed E-state index contributed by atoms with van der Waals surface area (Å²) in [5.41, 5.74) is 4.31. The van der Waals surface area contributed by atoms with Crippen molar-refractivity contribution in [2.75, 3.05) is 24.2 Å². The lowest BCUT2D eigenvalue weighted by molar-refractivity contribution is 0.0601. The van der Waals surface area contributed by atoms with Gasteiger partial charge in [-0.1, -0.05) is 64.0 Å². The Bertz CT molecular complexity index is 1810. The normalized spacial score (nSPS) is 12.2. The van der Waals surface area contributed by atoms with E-state index in [1.165, 1.54) is 7.11 Å². The maximum atomic E-state index is 13.6. The topological polar surface area (TPSA) is 97.6 Å². The molecule has 0 amide bonds. The van der Waals surface area contributed by atoms with Crippen LogP contribution in [-0.2, 0) is 14.8 Å². The van der Waals surface area contributed by atoms with E-state index in [0.29, 0.717) is 39.2 Å². The highest BCUT2D eigenvalue weighted by molar-refractivity contribution is 9.10. The summed E-state index contributed by atoms with van der Waals surface area (Å²) < 4.78 is 42.3. The molecule has 2 N–H and O–H groups in total. The van der Waals surface area contributed by atoms with Crippen LogP contribution in [0, 0.1) is 6.92 Å². The number of nitrogens with one attached hydrogen (secondary N) is 2. The van der Waals surface area contributed by atoms with E-state index < -0.39 is 21.9 Å². The van der Waals surface area contributed by atoms with E-state index in [1.807, 2.05) is 55.5 Å². The average molecular weight is 620 g/mol. The van der Waals surface area contributed by atoms with Crippen molar-refractivity contribution in [3.8, 4) is 0 Å². The van der Waals surface area contributed by atoms with Gasteiger partial charge in [-0.2, -0.15) is 0 Å². The number of furan rings is 1. The van der Waals surface area contributed by atoms with E-state index >= 15 is 0 Å². The highest BCUT2D eigenvalue weighted by Gasteiger charge is 2.30. The van der Waals surface area contributed by atoms with Gasteiger partial charge in [-0.3, -0.25) is 4.72 Å². The first-order chi connectivity index (χ1) is 19.2. The monoisotopic (exact) mass is 618 g/mol. The molecule has 0 fully saturated rings. The number of aryl methyl sites for hydroxylation is 1. The fourth-order valence-corrected chi connectivity index (χ4v) is 6.21. The molecule has 0 radical (unpaired) electrons. The lowest BCUT2D eigenvalue weighted by Gasteiger charge is -2.20. The van der Waals surface area contributed by atoms with Gasteiger partial charge in [0.15, 0.2) is 0 Å². The molecule has 4 aromatic carbocycles. The second kappa shape index (κ2) is 11.2. The molecule has 1 atom stereocenters. The molecule has 0 spiro atoms. The van der Waals surface area contributed by atoms with Gasteiger partial charge in [-0.15, -0.1) is 0 Å². The number of rotatable bonds is 8. The van der Waals surface area contributed by atoms with Crippen molar-refractivity contribution in [1.29, 1.82) is 0 Å². The maximum absolute atomic E-state index is 13.6. The number of benzene rings is 4. The molecule has 5 aromatic rings. The smallest absolute Gasteiger partial charge is 0.339 e. The highest BCUT2D eigenvalue weighted by Crippen LogP contribution is 2.43. The molecule has 0 aliphatic heterocycles. The standard InChI is InChI=1S/C31H27BrN2O5S/c1-19-11-14-23(15-12-19)40(36,37)34-29-24-9-4-5-10-27(24)39-30(29)28(20-7-6-8-22(32)17-20)21-13-16-26(33-2)25(18-21)31(35)38-3/h4-18,28,33-34H,1-3H3/t28-/m1/s1. The van der Waals surface area contributed by atoms with E-state index in [2.05, 4.69) is 26.0 Å². The van der Waals surface area contributed by atoms with E-state index in [0.717, 1.165) is 15.6 Å². The number of methoxy groups -OCH3 is 1. The number of halogens is 1. The molecule has 1 heterocycles. The number of fused-ring (bicyclic) bond motifs is 1. The summed E-state index contributed by atoms with van der Waals surface area (Å²) in [7, 11) is -0.902. The second-order valence-corrected chi connectivity index (χ2v) is 11.9. The van der Waals surface area contributed by atoms with E-state index in [-0.39, 0.29) is 4.90 Å². The highest BCUT2D eigenvalue weighted by atomic mass is 79.9. The van der Waals surface area contributed by atoms with Crippen molar-refractivity contribution >= 4 is 54.3 Å². The Balaban J connectivity index is 1.76. The largest absolute Gasteiger partial charge is 0.465 e. The van der Waals surface area contributed by atoms with Crippen molar-refractivity contribution in [2.24, 2.45) is 0 Å². The third kappa shape index (κ3) is 5.35. The molecule has 40 heavy (non-hydrogen) atoms. The van der Waals surface area contributed by atoms with Crippen LogP contribution in [0.15, 0.2) is 105 Å². The summed E-state index contributed by atoms with van der Waals surface area (Å²) in [5, 5.41) is 3.65. The van der Waals surface area contributed by atoms with Crippen LogP contribution in [0.5, 0.6) is 0 Å². The molecule has 9 heteroatoms. The van der Waals surface area contributed by atoms with Crippen molar-refractivity contribution in [3.05, 3.63) is 123 Å². The fourth-order valence-electron chi connectivity index (χ4n) is 4.70. The Morgan fingerprint density at radius 3 is 2.35 bits per heavy atom. The van der Waals surface area contributed by atoms with Gasteiger partial charge >= 0.3 is 5.97 Å². The molecule has 0 aliphatic rings. The van der Waals surface area contributed by atoms with E-state index in [4.69, 9.17) is 9.15 Å². The number of ether oxygens (including phenoxy) is 1. The number of sulfonamides is 1. The number of para-hydroxylation sites is 1. The zero-order chi connectivity index (χ0) is 28.4. The first kappa shape index (κ1) is 27.5. The van der Waals surface area contributed by atoms with Crippen molar-refractivity contribution in [1.82, 2.24) is 0 Å². The summed E-state index contributed by atoms with van der Waals surface area (Å²) in [6, 6.07) is 27.0. The van der Waals surface area contributed by atoms with Gasteiger partial charge < -0.3 is 14.5 Å². The molecule has 0 unspecified atom stereocenters. The SMILES string of the molecule is CNc1ccc([C@@H](c2cccc(Br)c2)c2oc3ccccc3c2NS(=O)(=O)c2ccc(C)cc2)cc1C(=O)OC. The average Bonchev–Trinajstić information content (AvgIpc) is 3.30. The lowest BCUT2D eigenvalue weighted by Crippen LogP contribution is -2.15. The van der Waals surface area contributed by atoms with Crippen molar-refractivity contribution < 1.29 is 22.4 Å². The summed E-state index contributed by atoms with van der Waals surface area (Å²) in [4.78, 5) is 12.8. The van der Waals surface area contributed by atoms with Crippen molar-refractivity contribution in [2.45, 2.75) is 17.7 Å². The number of esters is 1. The van der Waals surface area contributed by atoms with Crippen LogP contribution in [0.1, 0.15) is 38.7 Å². The fraction of sp³-hybridized carbons (Fsp3) is 0.129. The van der Waals surface area contributed by atoms with Gasteiger partial charge in [0.1, 0.15) is 11.3 Å². The Hall–Kier alpha value is -4.08. The molecule has 0 saturated carbocycles. The Morgan fingerprint density at radius 1 is 0.925 bits per heavy atom. The Labute approximate surface area is 241 Å². The van der Waals surface area contributed by atoms with Crippen LogP contribution >= 0.6 is 15.9 Å². The number of anilines is 2. The van der Waals surface area contributed by atoms with Gasteiger partial charge in [0.25, 0.3) is 10.0 Å². The zero-order valence-corrected chi connectivity index (χ0v) is 24.5.